The van der Waals surface area contributed by atoms with E-state index < -0.39 is 59.0 Å². The number of piperidine rings is 1. The van der Waals surface area contributed by atoms with Crippen molar-refractivity contribution in [2.24, 2.45) is 0 Å². The van der Waals surface area contributed by atoms with Crippen LogP contribution in [-0.2, 0) is 20.5 Å². The van der Waals surface area contributed by atoms with Crippen molar-refractivity contribution < 1.29 is 41.8 Å². The van der Waals surface area contributed by atoms with Gasteiger partial charge in [0.2, 0.25) is 5.91 Å². The molecule has 0 spiro atoms. The van der Waals surface area contributed by atoms with Gasteiger partial charge in [0.1, 0.15) is 11.4 Å². The molecule has 0 bridgehead atoms. The van der Waals surface area contributed by atoms with Gasteiger partial charge in [-0.25, -0.2) is 4.79 Å². The first-order chi connectivity index (χ1) is 19.4. The Hall–Kier alpha value is -3.51. The molecule has 2 atom stereocenters. The molecule has 1 N–H and O–H groups in total. The number of carbonyl (C=O) groups is 4. The van der Waals surface area contributed by atoms with Crippen LogP contribution in [0.2, 0.25) is 0 Å². The molecule has 10 nitrogen and oxygen atoms in total. The van der Waals surface area contributed by atoms with Crippen LogP contribution in [0.3, 0.4) is 0 Å². The minimum atomic E-state index is -4.90. The molecule has 42 heavy (non-hydrogen) atoms. The minimum absolute atomic E-state index is 0.0166. The highest BCUT2D eigenvalue weighted by atomic mass is 19.4. The van der Waals surface area contributed by atoms with Crippen LogP contribution >= 0.6 is 0 Å². The zero-order chi connectivity index (χ0) is 31.6. The first kappa shape index (κ1) is 33.0. The molecule has 1 saturated heterocycles. The molecule has 2 aliphatic heterocycles. The van der Waals surface area contributed by atoms with Crippen LogP contribution in [0, 0.1) is 0 Å². The fourth-order valence-electron chi connectivity index (χ4n) is 5.16. The van der Waals surface area contributed by atoms with E-state index in [0.29, 0.717) is 19.4 Å². The monoisotopic (exact) mass is 598 g/mol. The van der Waals surface area contributed by atoms with Crippen molar-refractivity contribution in [1.29, 1.82) is 0 Å². The van der Waals surface area contributed by atoms with E-state index >= 15 is 0 Å². The lowest BCUT2D eigenvalue weighted by atomic mass is 9.97. The molecule has 0 radical (unpaired) electrons. The van der Waals surface area contributed by atoms with Crippen LogP contribution in [0.1, 0.15) is 83.7 Å². The average Bonchev–Trinajstić information content (AvgIpc) is 2.88. The predicted molar refractivity (Wildman–Crippen MR) is 149 cm³/mol. The second-order valence-corrected chi connectivity index (χ2v) is 11.8. The van der Waals surface area contributed by atoms with Crippen LogP contribution in [0.15, 0.2) is 12.1 Å². The third-order valence-corrected chi connectivity index (χ3v) is 7.05. The number of alkyl halides is 3. The SMILES string of the molecule is CCC(=O)NCCN1C(=O)[C@H](C)Oc2cc(C(F)(F)F)c(C(=O)N(C(C)C)[C@@H]3CCCN(C(=O)OC(C)(C)C)C3)cc21. The lowest BCUT2D eigenvalue weighted by Crippen LogP contribution is -2.54. The molecule has 1 fully saturated rings. The third-order valence-electron chi connectivity index (χ3n) is 7.05. The highest BCUT2D eigenvalue weighted by Gasteiger charge is 2.43. The molecule has 2 heterocycles. The highest BCUT2D eigenvalue weighted by Crippen LogP contribution is 2.43. The van der Waals surface area contributed by atoms with E-state index in [-0.39, 0.29) is 43.4 Å². The van der Waals surface area contributed by atoms with Crippen molar-refractivity contribution in [3.8, 4) is 5.75 Å². The number of fused-ring (bicyclic) bond motifs is 1. The summed E-state index contributed by atoms with van der Waals surface area (Å²) in [6, 6.07) is 0.747. The molecule has 0 saturated carbocycles. The average molecular weight is 599 g/mol. The Balaban J connectivity index is 2.02. The van der Waals surface area contributed by atoms with E-state index in [1.165, 1.54) is 21.6 Å². The number of rotatable bonds is 7. The predicted octanol–water partition coefficient (Wildman–Crippen LogP) is 4.60. The molecule has 0 aliphatic carbocycles. The number of nitrogens with one attached hydrogen (secondary N) is 1. The Bertz CT molecular complexity index is 1200. The topological polar surface area (TPSA) is 108 Å². The molecule has 0 unspecified atom stereocenters. The van der Waals surface area contributed by atoms with E-state index in [1.807, 2.05) is 0 Å². The Morgan fingerprint density at radius 3 is 2.43 bits per heavy atom. The number of hydrogen-bond acceptors (Lipinski definition) is 6. The third kappa shape index (κ3) is 7.65. The second-order valence-electron chi connectivity index (χ2n) is 11.8. The zero-order valence-electron chi connectivity index (χ0n) is 25.3. The summed E-state index contributed by atoms with van der Waals surface area (Å²) in [5.74, 6) is -1.81. The first-order valence-corrected chi connectivity index (χ1v) is 14.2. The van der Waals surface area contributed by atoms with Crippen molar-refractivity contribution in [2.45, 2.75) is 97.7 Å². The Kier molecular flexibility index (Phi) is 10.0. The number of ether oxygens (including phenoxy) is 2. The van der Waals surface area contributed by atoms with Crippen molar-refractivity contribution in [2.75, 3.05) is 31.1 Å². The standard InChI is InChI=1S/C29H41F3N4O6/c1-8-24(37)33-11-13-35-22-14-20(21(29(30,31)32)15-23(22)41-18(4)25(35)38)26(39)36(17(2)3)19-10-9-12-34(16-19)27(40)42-28(5,6)7/h14-15,17-19H,8-13,16H2,1-7H3,(H,33,37)/t18-,19+/m0/s1. The molecular formula is C29H41F3N4O6. The smallest absolute Gasteiger partial charge is 0.417 e. The van der Waals surface area contributed by atoms with Gasteiger partial charge >= 0.3 is 12.3 Å². The van der Waals surface area contributed by atoms with Crippen molar-refractivity contribution >= 4 is 29.5 Å². The van der Waals surface area contributed by atoms with E-state index in [1.54, 1.807) is 41.5 Å². The molecular weight excluding hydrogens is 557 g/mol. The highest BCUT2D eigenvalue weighted by molar-refractivity contribution is 6.03. The number of anilines is 1. The van der Waals surface area contributed by atoms with Gasteiger partial charge in [-0.2, -0.15) is 13.2 Å². The molecule has 1 aromatic carbocycles. The molecule has 234 valence electrons. The number of hydrogen-bond donors (Lipinski definition) is 1. The first-order valence-electron chi connectivity index (χ1n) is 14.2. The van der Waals surface area contributed by atoms with Gasteiger partial charge in [-0.3, -0.25) is 14.4 Å². The van der Waals surface area contributed by atoms with Gasteiger partial charge in [-0.05, 0) is 66.5 Å². The van der Waals surface area contributed by atoms with E-state index in [0.717, 1.165) is 12.1 Å². The van der Waals surface area contributed by atoms with Crippen LogP contribution in [0.25, 0.3) is 0 Å². The van der Waals surface area contributed by atoms with Gasteiger partial charge in [0.15, 0.2) is 6.10 Å². The normalized spacial score (nSPS) is 19.3. The summed E-state index contributed by atoms with van der Waals surface area (Å²) in [4.78, 5) is 55.6. The van der Waals surface area contributed by atoms with Crippen molar-refractivity contribution in [3.63, 3.8) is 0 Å². The minimum Gasteiger partial charge on any atom is -0.479 e. The van der Waals surface area contributed by atoms with Crippen LogP contribution in [0.5, 0.6) is 5.75 Å². The summed E-state index contributed by atoms with van der Waals surface area (Å²) in [5.41, 5.74) is -2.52. The van der Waals surface area contributed by atoms with E-state index in [4.69, 9.17) is 9.47 Å². The summed E-state index contributed by atoms with van der Waals surface area (Å²) < 4.78 is 54.2. The van der Waals surface area contributed by atoms with Gasteiger partial charge in [0.25, 0.3) is 11.8 Å². The summed E-state index contributed by atoms with van der Waals surface area (Å²) in [6.45, 7) is 12.3. The number of likely N-dealkylation sites (tertiary alicyclic amines) is 1. The number of benzene rings is 1. The van der Waals surface area contributed by atoms with Crippen LogP contribution in [0.4, 0.5) is 23.7 Å². The van der Waals surface area contributed by atoms with Crippen molar-refractivity contribution in [1.82, 2.24) is 15.1 Å². The summed E-state index contributed by atoms with van der Waals surface area (Å²) in [7, 11) is 0. The fraction of sp³-hybridized carbons (Fsp3) is 0.655. The van der Waals surface area contributed by atoms with Gasteiger partial charge in [0, 0.05) is 38.6 Å². The lowest BCUT2D eigenvalue weighted by molar-refractivity contribution is -0.138. The largest absolute Gasteiger partial charge is 0.479 e. The summed E-state index contributed by atoms with van der Waals surface area (Å²) in [5, 5.41) is 2.65. The number of carbonyl (C=O) groups excluding carboxylic acids is 4. The molecule has 0 aromatic heterocycles. The van der Waals surface area contributed by atoms with Crippen LogP contribution in [-0.4, -0.2) is 83.6 Å². The number of amides is 4. The number of nitrogens with zero attached hydrogens (tertiary/aromatic N) is 3. The Labute approximate surface area is 244 Å². The Morgan fingerprint density at radius 1 is 1.19 bits per heavy atom. The zero-order valence-corrected chi connectivity index (χ0v) is 25.3. The molecule has 1 aromatic rings. The molecule has 3 rings (SSSR count). The fourth-order valence-corrected chi connectivity index (χ4v) is 5.16. The summed E-state index contributed by atoms with van der Waals surface area (Å²) in [6.07, 6.45) is -5.26. The lowest BCUT2D eigenvalue weighted by Gasteiger charge is -2.42. The summed E-state index contributed by atoms with van der Waals surface area (Å²) >= 11 is 0. The van der Waals surface area contributed by atoms with Crippen molar-refractivity contribution in [3.05, 3.63) is 23.3 Å². The van der Waals surface area contributed by atoms with E-state index in [9.17, 15) is 32.3 Å². The van der Waals surface area contributed by atoms with Gasteiger partial charge in [0.05, 0.1) is 22.9 Å². The maximum absolute atomic E-state index is 14.4. The number of halogens is 3. The molecule has 4 amide bonds. The maximum Gasteiger partial charge on any atom is 0.417 e. The second kappa shape index (κ2) is 12.8. The Morgan fingerprint density at radius 2 is 1.86 bits per heavy atom. The molecule has 13 heteroatoms. The van der Waals surface area contributed by atoms with Gasteiger partial charge < -0.3 is 29.5 Å². The van der Waals surface area contributed by atoms with Gasteiger partial charge in [-0.15, -0.1) is 0 Å². The van der Waals surface area contributed by atoms with Gasteiger partial charge in [-0.1, -0.05) is 6.92 Å². The quantitative estimate of drug-likeness (QED) is 0.492. The van der Waals surface area contributed by atoms with Crippen LogP contribution < -0.4 is 15.0 Å². The van der Waals surface area contributed by atoms with E-state index in [2.05, 4.69) is 5.32 Å². The maximum atomic E-state index is 14.4. The molecule has 2 aliphatic rings.